The number of pyridine rings is 1. The van der Waals surface area contributed by atoms with Crippen molar-refractivity contribution >= 4 is 39.8 Å². The number of sulfonamides is 1. The molecular weight excluding hydrogens is 603 g/mol. The second kappa shape index (κ2) is 13.7. The molecule has 1 fully saturated rings. The molecule has 1 aliphatic carbocycles. The van der Waals surface area contributed by atoms with Gasteiger partial charge in [-0.15, -0.1) is 12.4 Å². The third-order valence-corrected chi connectivity index (χ3v) is 10.1. The molecule has 7 nitrogen and oxygen atoms in total. The van der Waals surface area contributed by atoms with Crippen molar-refractivity contribution in [2.24, 2.45) is 0 Å². The number of nitrogens with zero attached hydrogens (tertiary/aromatic N) is 1. The van der Waals surface area contributed by atoms with Gasteiger partial charge in [-0.05, 0) is 84.5 Å². The van der Waals surface area contributed by atoms with Crippen LogP contribution in [-0.4, -0.2) is 33.1 Å². The van der Waals surface area contributed by atoms with Gasteiger partial charge in [0.05, 0.1) is 0 Å². The lowest BCUT2D eigenvalue weighted by Gasteiger charge is -2.50. The number of halogens is 2. The molecule has 0 spiro atoms. The van der Waals surface area contributed by atoms with Crippen LogP contribution < -0.4 is 20.1 Å². The monoisotopic (exact) mass is 638 g/mol. The lowest BCUT2D eigenvalue weighted by atomic mass is 9.58. The summed E-state index contributed by atoms with van der Waals surface area (Å²) in [5.74, 6) is 1.35. The van der Waals surface area contributed by atoms with Crippen LogP contribution in [0.3, 0.4) is 0 Å². The van der Waals surface area contributed by atoms with Crippen molar-refractivity contribution in [3.05, 3.63) is 118 Å². The molecule has 10 heteroatoms. The van der Waals surface area contributed by atoms with E-state index in [2.05, 4.69) is 44.6 Å². The molecule has 0 amide bonds. The Morgan fingerprint density at radius 1 is 1.00 bits per heavy atom. The van der Waals surface area contributed by atoms with Gasteiger partial charge in [-0.2, -0.15) is 0 Å². The molecule has 43 heavy (non-hydrogen) atoms. The summed E-state index contributed by atoms with van der Waals surface area (Å²) in [4.78, 5) is 4.38. The van der Waals surface area contributed by atoms with Crippen LogP contribution in [0, 0.1) is 0 Å². The topological polar surface area (TPSA) is 92.4 Å². The lowest BCUT2D eigenvalue weighted by molar-refractivity contribution is 0.164. The summed E-state index contributed by atoms with van der Waals surface area (Å²) >= 11 is 6.19. The van der Waals surface area contributed by atoms with Crippen molar-refractivity contribution in [1.29, 1.82) is 0 Å². The smallest absolute Gasteiger partial charge is 0.242 e. The summed E-state index contributed by atoms with van der Waals surface area (Å²) in [7, 11) is -3.71. The number of ether oxygens (including phenoxy) is 1. The van der Waals surface area contributed by atoms with E-state index < -0.39 is 10.0 Å². The maximum atomic E-state index is 12.8. The molecule has 1 saturated carbocycles. The molecule has 1 aromatic heterocycles. The van der Waals surface area contributed by atoms with Crippen LogP contribution in [0.1, 0.15) is 47.6 Å². The minimum atomic E-state index is -3.71. The Morgan fingerprint density at radius 2 is 1.79 bits per heavy atom. The van der Waals surface area contributed by atoms with Gasteiger partial charge in [0.2, 0.25) is 10.0 Å². The summed E-state index contributed by atoms with van der Waals surface area (Å²) in [6.45, 7) is 1.90. The van der Waals surface area contributed by atoms with Crippen LogP contribution in [0.25, 0.3) is 0 Å². The Balaban J connectivity index is 0.00000368. The van der Waals surface area contributed by atoms with Crippen molar-refractivity contribution in [3.63, 3.8) is 0 Å². The third kappa shape index (κ3) is 7.00. The van der Waals surface area contributed by atoms with E-state index in [-0.39, 0.29) is 41.9 Å². The van der Waals surface area contributed by atoms with Gasteiger partial charge < -0.3 is 15.4 Å². The molecule has 2 aliphatic rings. The van der Waals surface area contributed by atoms with E-state index in [1.807, 2.05) is 48.5 Å². The lowest BCUT2D eigenvalue weighted by Crippen LogP contribution is -2.49. The molecule has 226 valence electrons. The van der Waals surface area contributed by atoms with Crippen molar-refractivity contribution in [3.8, 4) is 5.75 Å². The second-order valence-electron chi connectivity index (χ2n) is 11.0. The quantitative estimate of drug-likeness (QED) is 0.164. The van der Waals surface area contributed by atoms with Gasteiger partial charge in [-0.1, -0.05) is 66.6 Å². The molecule has 4 aromatic rings. The zero-order valence-corrected chi connectivity index (χ0v) is 26.1. The van der Waals surface area contributed by atoms with Crippen molar-refractivity contribution in [2.45, 2.75) is 48.6 Å². The SMILES string of the molecule is Cl.O=S(=O)(NCCOc1ccc2c(c1)C(C1(c3ccc(Cl)cc3)CCC1)NCC2)c1ccc(NCc2ccccc2)nc1. The van der Waals surface area contributed by atoms with Gasteiger partial charge in [-0.3, -0.25) is 0 Å². The number of fused-ring (bicyclic) bond motifs is 1. The Hall–Kier alpha value is -3.14. The Labute approximate surface area is 264 Å². The maximum absolute atomic E-state index is 12.8. The largest absolute Gasteiger partial charge is 0.492 e. The second-order valence-corrected chi connectivity index (χ2v) is 13.2. The van der Waals surface area contributed by atoms with Crippen LogP contribution in [0.2, 0.25) is 5.02 Å². The van der Waals surface area contributed by atoms with E-state index in [9.17, 15) is 8.42 Å². The molecule has 3 aromatic carbocycles. The first kappa shape index (κ1) is 31.3. The van der Waals surface area contributed by atoms with Crippen molar-refractivity contribution in [1.82, 2.24) is 15.0 Å². The highest BCUT2D eigenvalue weighted by molar-refractivity contribution is 7.89. The van der Waals surface area contributed by atoms with E-state index in [1.54, 1.807) is 12.1 Å². The van der Waals surface area contributed by atoms with Crippen LogP contribution in [0.5, 0.6) is 5.75 Å². The van der Waals surface area contributed by atoms with Crippen LogP contribution in [-0.2, 0) is 28.4 Å². The Bertz CT molecular complexity index is 1610. The van der Waals surface area contributed by atoms with Gasteiger partial charge in [-0.25, -0.2) is 18.1 Å². The minimum Gasteiger partial charge on any atom is -0.492 e. The Kier molecular flexibility index (Phi) is 9.94. The highest BCUT2D eigenvalue weighted by atomic mass is 35.5. The zero-order valence-electron chi connectivity index (χ0n) is 23.8. The molecule has 0 radical (unpaired) electrons. The Morgan fingerprint density at radius 3 is 2.49 bits per heavy atom. The standard InChI is InChI=1S/C33H35ClN4O3S.ClH/c34-27-10-8-26(9-11-27)33(16-4-17-33)32-30-21-28(12-7-25(30)15-18-35-32)41-20-19-38-42(39,40)29-13-14-31(37-23-29)36-22-24-5-2-1-3-6-24;/h1-3,5-14,21,23,32,35,38H,4,15-20,22H2,(H,36,37);1H. The molecule has 0 saturated heterocycles. The fraction of sp³-hybridized carbons (Fsp3) is 0.303. The van der Waals surface area contributed by atoms with E-state index in [4.69, 9.17) is 16.3 Å². The molecule has 1 aliphatic heterocycles. The molecular formula is C33H36Cl2N4O3S. The molecule has 1 atom stereocenters. The maximum Gasteiger partial charge on any atom is 0.242 e. The number of hydrogen-bond acceptors (Lipinski definition) is 6. The summed E-state index contributed by atoms with van der Waals surface area (Å²) < 4.78 is 34.3. The van der Waals surface area contributed by atoms with Gasteiger partial charge in [0.25, 0.3) is 0 Å². The average molecular weight is 640 g/mol. The van der Waals surface area contributed by atoms with E-state index in [0.717, 1.165) is 42.1 Å². The van der Waals surface area contributed by atoms with Crippen molar-refractivity contribution in [2.75, 3.05) is 25.0 Å². The highest BCUT2D eigenvalue weighted by Crippen LogP contribution is 2.53. The van der Waals surface area contributed by atoms with Crippen molar-refractivity contribution < 1.29 is 13.2 Å². The molecule has 0 bridgehead atoms. The average Bonchev–Trinajstić information content (AvgIpc) is 2.99. The minimum absolute atomic E-state index is 0. The number of rotatable bonds is 11. The zero-order chi connectivity index (χ0) is 29.0. The predicted molar refractivity (Wildman–Crippen MR) is 174 cm³/mol. The molecule has 2 heterocycles. The van der Waals surface area contributed by atoms with Gasteiger partial charge in [0.15, 0.2) is 0 Å². The summed E-state index contributed by atoms with van der Waals surface area (Å²) in [5, 5.41) is 7.75. The number of anilines is 1. The normalized spacial score (nSPS) is 17.2. The summed E-state index contributed by atoms with van der Waals surface area (Å²) in [6.07, 6.45) is 5.78. The first-order valence-corrected chi connectivity index (χ1v) is 16.3. The van der Waals surface area contributed by atoms with E-state index in [0.29, 0.717) is 12.4 Å². The number of hydrogen-bond donors (Lipinski definition) is 3. The summed E-state index contributed by atoms with van der Waals surface area (Å²) in [5.41, 5.74) is 5.07. The van der Waals surface area contributed by atoms with Crippen LogP contribution in [0.4, 0.5) is 5.82 Å². The molecule has 3 N–H and O–H groups in total. The number of benzene rings is 3. The van der Waals surface area contributed by atoms with Crippen LogP contribution >= 0.6 is 24.0 Å². The molecule has 6 rings (SSSR count). The predicted octanol–water partition coefficient (Wildman–Crippen LogP) is 6.43. The van der Waals surface area contributed by atoms with Gasteiger partial charge in [0.1, 0.15) is 23.1 Å². The first-order valence-electron chi connectivity index (χ1n) is 14.4. The third-order valence-electron chi connectivity index (χ3n) is 8.41. The van der Waals surface area contributed by atoms with Gasteiger partial charge in [0, 0.05) is 35.8 Å². The number of aromatic nitrogens is 1. The van der Waals surface area contributed by atoms with E-state index >= 15 is 0 Å². The molecule has 1 unspecified atom stereocenters. The van der Waals surface area contributed by atoms with Crippen LogP contribution in [0.15, 0.2) is 96.0 Å². The highest BCUT2D eigenvalue weighted by Gasteiger charge is 2.47. The first-order chi connectivity index (χ1) is 20.4. The fourth-order valence-electron chi connectivity index (χ4n) is 6.06. The number of nitrogens with one attached hydrogen (secondary N) is 3. The van der Waals surface area contributed by atoms with E-state index in [1.165, 1.54) is 29.3 Å². The van der Waals surface area contributed by atoms with Gasteiger partial charge >= 0.3 is 0 Å². The summed E-state index contributed by atoms with van der Waals surface area (Å²) in [6, 6.07) is 27.9. The fourth-order valence-corrected chi connectivity index (χ4v) is 7.14.